The van der Waals surface area contributed by atoms with Gasteiger partial charge in [-0.05, 0) is 38.5 Å². The van der Waals surface area contributed by atoms with Crippen molar-refractivity contribution < 1.29 is 46.7 Å². The molecule has 0 spiro atoms. The largest absolute Gasteiger partial charge is 0.481 e. The van der Waals surface area contributed by atoms with Crippen molar-refractivity contribution in [3.8, 4) is 0 Å². The quantitative estimate of drug-likeness (QED) is 0.407. The highest BCUT2D eigenvalue weighted by Crippen LogP contribution is 2.64. The minimum absolute atomic E-state index is 0.202. The number of benzene rings is 1. The van der Waals surface area contributed by atoms with E-state index in [0.29, 0.717) is 5.56 Å². The van der Waals surface area contributed by atoms with Gasteiger partial charge in [-0.15, -0.1) is 0 Å². The third-order valence-electron chi connectivity index (χ3n) is 5.77. The highest BCUT2D eigenvalue weighted by Gasteiger charge is 2.81. The molecule has 2 saturated carbocycles. The SMILES string of the molecule is CC(C)(C)OC(=O)N[C@]1(C(=O)O)[C@@H]2[C@@H](C(=O)O)[C@@H]2[C@@H](OS(C)(=O)=O)[C@H]1OCc1ccc(Cl)c(Cl)c1. The van der Waals surface area contributed by atoms with Gasteiger partial charge in [0.05, 0.1) is 28.8 Å². The van der Waals surface area contributed by atoms with Crippen LogP contribution in [0.4, 0.5) is 4.79 Å². The first-order valence-corrected chi connectivity index (χ1v) is 13.0. The number of hydrogen-bond acceptors (Lipinski definition) is 8. The van der Waals surface area contributed by atoms with Gasteiger partial charge in [-0.2, -0.15) is 8.42 Å². The highest BCUT2D eigenvalue weighted by atomic mass is 35.5. The van der Waals surface area contributed by atoms with Gasteiger partial charge < -0.3 is 25.0 Å². The molecule has 0 heterocycles. The van der Waals surface area contributed by atoms with E-state index in [2.05, 4.69) is 5.32 Å². The molecule has 0 unspecified atom stereocenters. The standard InChI is InChI=1S/C21H25Cl2NO10S/c1-20(2,3)33-19(29)24-21(18(27)28)14-12(13(14)17(25)26)15(34-35(4,30)31)16(21)32-8-9-5-6-10(22)11(23)7-9/h5-7,12-16H,8H2,1-4H3,(H,24,29)(H,25,26)(H,27,28)/t12-,13-,14-,15+,16+,21+/m0/s1. The van der Waals surface area contributed by atoms with Gasteiger partial charge in [-0.25, -0.2) is 9.59 Å². The fraction of sp³-hybridized carbons (Fsp3) is 0.571. The van der Waals surface area contributed by atoms with Crippen molar-refractivity contribution in [3.63, 3.8) is 0 Å². The van der Waals surface area contributed by atoms with Crippen molar-refractivity contribution in [1.82, 2.24) is 5.32 Å². The number of amides is 1. The third kappa shape index (κ3) is 5.67. The molecule has 14 heteroatoms. The summed E-state index contributed by atoms with van der Waals surface area (Å²) >= 11 is 11.9. The van der Waals surface area contributed by atoms with Crippen molar-refractivity contribution >= 4 is 51.4 Å². The zero-order chi connectivity index (χ0) is 26.5. The average molecular weight is 554 g/mol. The van der Waals surface area contributed by atoms with E-state index in [1.165, 1.54) is 12.1 Å². The zero-order valence-electron chi connectivity index (χ0n) is 19.2. The van der Waals surface area contributed by atoms with Crippen LogP contribution in [0.5, 0.6) is 0 Å². The van der Waals surface area contributed by atoms with Crippen molar-refractivity contribution in [2.75, 3.05) is 6.26 Å². The first-order chi connectivity index (χ1) is 16.0. The van der Waals surface area contributed by atoms with Crippen LogP contribution in [0.1, 0.15) is 26.3 Å². The number of carboxylic acids is 2. The molecule has 35 heavy (non-hydrogen) atoms. The third-order valence-corrected chi connectivity index (χ3v) is 7.08. The van der Waals surface area contributed by atoms with E-state index < -0.39 is 69.3 Å². The van der Waals surface area contributed by atoms with Crippen LogP contribution in [0.25, 0.3) is 0 Å². The number of carbonyl (C=O) groups is 3. The second-order valence-electron chi connectivity index (χ2n) is 9.51. The number of rotatable bonds is 8. The fourth-order valence-electron chi connectivity index (χ4n) is 4.60. The summed E-state index contributed by atoms with van der Waals surface area (Å²) in [5.41, 5.74) is -2.90. The molecule has 11 nitrogen and oxygen atoms in total. The van der Waals surface area contributed by atoms with Gasteiger partial charge in [-0.3, -0.25) is 8.98 Å². The molecule has 0 aromatic heterocycles. The lowest BCUT2D eigenvalue weighted by Gasteiger charge is -2.37. The maximum atomic E-state index is 12.7. The van der Waals surface area contributed by atoms with E-state index in [1.54, 1.807) is 26.8 Å². The van der Waals surface area contributed by atoms with Crippen molar-refractivity contribution in [1.29, 1.82) is 0 Å². The molecule has 0 radical (unpaired) electrons. The minimum atomic E-state index is -4.17. The summed E-state index contributed by atoms with van der Waals surface area (Å²) in [5.74, 6) is -6.57. The molecule has 2 aliphatic rings. The Morgan fingerprint density at radius 1 is 1.14 bits per heavy atom. The molecule has 194 valence electrons. The topological polar surface area (TPSA) is 166 Å². The Morgan fingerprint density at radius 3 is 2.26 bits per heavy atom. The molecular formula is C21H25Cl2NO10S. The first-order valence-electron chi connectivity index (χ1n) is 10.4. The Labute approximate surface area is 211 Å². The molecule has 0 bridgehead atoms. The summed E-state index contributed by atoms with van der Waals surface area (Å²) in [5, 5.41) is 22.7. The number of carbonyl (C=O) groups excluding carboxylic acids is 1. The molecule has 3 N–H and O–H groups in total. The number of halogens is 2. The summed E-state index contributed by atoms with van der Waals surface area (Å²) in [6.07, 6.45) is -3.50. The van der Waals surface area contributed by atoms with Crippen LogP contribution in [-0.2, 0) is 40.0 Å². The number of hydrogen-bond donors (Lipinski definition) is 3. The van der Waals surface area contributed by atoms with E-state index in [1.807, 2.05) is 0 Å². The Bertz CT molecular complexity index is 1150. The van der Waals surface area contributed by atoms with Gasteiger partial charge in [0.1, 0.15) is 17.8 Å². The Balaban J connectivity index is 2.05. The first kappa shape index (κ1) is 27.5. The predicted molar refractivity (Wildman–Crippen MR) is 123 cm³/mol. The predicted octanol–water partition coefficient (Wildman–Crippen LogP) is 2.53. The number of ether oxygens (including phenoxy) is 2. The van der Waals surface area contributed by atoms with Crippen LogP contribution in [0.3, 0.4) is 0 Å². The summed E-state index contributed by atoms with van der Waals surface area (Å²) in [4.78, 5) is 37.2. The molecule has 1 amide bonds. The lowest BCUT2D eigenvalue weighted by atomic mass is 9.86. The zero-order valence-corrected chi connectivity index (χ0v) is 21.5. The van der Waals surface area contributed by atoms with Gasteiger partial charge in [0.15, 0.2) is 5.54 Å². The molecule has 0 saturated heterocycles. The number of carboxylic acid groups (broad SMARTS) is 2. The highest BCUT2D eigenvalue weighted by molar-refractivity contribution is 7.86. The second kappa shape index (κ2) is 9.40. The maximum Gasteiger partial charge on any atom is 0.408 e. The fourth-order valence-corrected chi connectivity index (χ4v) is 5.56. The lowest BCUT2D eigenvalue weighted by molar-refractivity contribution is -0.159. The summed E-state index contributed by atoms with van der Waals surface area (Å²) in [7, 11) is -4.17. The van der Waals surface area contributed by atoms with E-state index in [9.17, 15) is 33.0 Å². The van der Waals surface area contributed by atoms with Crippen LogP contribution in [0, 0.1) is 17.8 Å². The summed E-state index contributed by atoms with van der Waals surface area (Å²) in [6.45, 7) is 4.40. The van der Waals surface area contributed by atoms with Gasteiger partial charge >= 0.3 is 18.0 Å². The minimum Gasteiger partial charge on any atom is -0.481 e. The van der Waals surface area contributed by atoms with Gasteiger partial charge in [0, 0.05) is 11.8 Å². The molecule has 0 aliphatic heterocycles. The van der Waals surface area contributed by atoms with Crippen LogP contribution < -0.4 is 5.32 Å². The van der Waals surface area contributed by atoms with E-state index >= 15 is 0 Å². The normalized spacial score (nSPS) is 29.8. The van der Waals surface area contributed by atoms with Gasteiger partial charge in [0.25, 0.3) is 10.1 Å². The van der Waals surface area contributed by atoms with Crippen molar-refractivity contribution in [3.05, 3.63) is 33.8 Å². The number of nitrogens with one attached hydrogen (secondary N) is 1. The van der Waals surface area contributed by atoms with Gasteiger partial charge in [0.2, 0.25) is 0 Å². The summed E-state index contributed by atoms with van der Waals surface area (Å²) in [6, 6.07) is 4.51. The number of fused-ring (bicyclic) bond motifs is 1. The molecule has 3 rings (SSSR count). The molecule has 2 aliphatic carbocycles. The van der Waals surface area contributed by atoms with E-state index in [-0.39, 0.29) is 16.7 Å². The molecule has 6 atom stereocenters. The van der Waals surface area contributed by atoms with Crippen LogP contribution in [0.15, 0.2) is 18.2 Å². The maximum absolute atomic E-state index is 12.7. The van der Waals surface area contributed by atoms with Gasteiger partial charge in [-0.1, -0.05) is 29.3 Å². The molecular weight excluding hydrogens is 529 g/mol. The average Bonchev–Trinajstić information content (AvgIpc) is 3.37. The Kier molecular flexibility index (Phi) is 7.37. The van der Waals surface area contributed by atoms with Crippen LogP contribution >= 0.6 is 23.2 Å². The van der Waals surface area contributed by atoms with Crippen molar-refractivity contribution in [2.24, 2.45) is 17.8 Å². The number of aliphatic carboxylic acids is 2. The van der Waals surface area contributed by atoms with Crippen LogP contribution in [0.2, 0.25) is 10.0 Å². The van der Waals surface area contributed by atoms with E-state index in [0.717, 1.165) is 6.26 Å². The molecule has 1 aromatic carbocycles. The summed E-state index contributed by atoms with van der Waals surface area (Å²) < 4.78 is 40.2. The monoisotopic (exact) mass is 553 g/mol. The Morgan fingerprint density at radius 2 is 1.77 bits per heavy atom. The van der Waals surface area contributed by atoms with Crippen molar-refractivity contribution in [2.45, 2.75) is 50.7 Å². The second-order valence-corrected chi connectivity index (χ2v) is 11.9. The smallest absolute Gasteiger partial charge is 0.408 e. The lowest BCUT2D eigenvalue weighted by Crippen LogP contribution is -2.66. The van der Waals surface area contributed by atoms with E-state index in [4.69, 9.17) is 36.9 Å². The number of alkyl carbamates (subject to hydrolysis) is 1. The van der Waals surface area contributed by atoms with Crippen LogP contribution in [-0.4, -0.2) is 66.3 Å². The Hall–Kier alpha value is -2.12. The molecule has 2 fully saturated rings. The molecule has 1 aromatic rings.